The molecule has 0 aliphatic heterocycles. The molecular formula is C6H5FO2S. The van der Waals surface area contributed by atoms with Crippen LogP contribution in [0, 0.1) is 0 Å². The number of hydrogen-bond donors (Lipinski definition) is 0. The Morgan fingerprint density at radius 3 is 3.10 bits per heavy atom. The lowest BCUT2D eigenvalue weighted by atomic mass is 10.3. The quantitative estimate of drug-likeness (QED) is 0.658. The lowest BCUT2D eigenvalue weighted by Gasteiger charge is -1.88. The van der Waals surface area contributed by atoms with E-state index in [-0.39, 0.29) is 6.42 Å². The third-order valence-electron chi connectivity index (χ3n) is 0.985. The van der Waals surface area contributed by atoms with Crippen LogP contribution in [0.15, 0.2) is 17.5 Å². The third kappa shape index (κ3) is 1.80. The zero-order chi connectivity index (χ0) is 7.40. The van der Waals surface area contributed by atoms with E-state index in [1.165, 1.54) is 11.3 Å². The molecule has 1 rings (SSSR count). The molecule has 0 bridgehead atoms. The van der Waals surface area contributed by atoms with Crippen molar-refractivity contribution in [2.24, 2.45) is 0 Å². The average Bonchev–Trinajstić information content (AvgIpc) is 2.40. The van der Waals surface area contributed by atoms with Crippen LogP contribution in [-0.4, -0.2) is 5.97 Å². The monoisotopic (exact) mass is 160 g/mol. The molecule has 0 saturated heterocycles. The highest BCUT2D eigenvalue weighted by molar-refractivity contribution is 7.10. The van der Waals surface area contributed by atoms with Gasteiger partial charge in [-0.3, -0.25) is 4.94 Å². The van der Waals surface area contributed by atoms with Gasteiger partial charge in [-0.05, 0) is 11.4 Å². The molecule has 0 amide bonds. The number of thiophene rings is 1. The summed E-state index contributed by atoms with van der Waals surface area (Å²) in [4.78, 5) is 14.1. The Morgan fingerprint density at radius 1 is 1.80 bits per heavy atom. The van der Waals surface area contributed by atoms with Gasteiger partial charge in [-0.15, -0.1) is 11.3 Å². The molecule has 0 aromatic carbocycles. The standard InChI is InChI=1S/C6H5FO2S/c7-9-6(8)4-5-2-1-3-10-5/h1-3H,4H2. The maximum absolute atomic E-state index is 11.1. The van der Waals surface area contributed by atoms with Crippen LogP contribution in [0.25, 0.3) is 0 Å². The van der Waals surface area contributed by atoms with Gasteiger partial charge in [0, 0.05) is 9.40 Å². The molecule has 0 N–H and O–H groups in total. The lowest BCUT2D eigenvalue weighted by molar-refractivity contribution is -0.182. The maximum atomic E-state index is 11.1. The third-order valence-corrected chi connectivity index (χ3v) is 1.86. The summed E-state index contributed by atoms with van der Waals surface area (Å²) in [5.74, 6) is -0.845. The van der Waals surface area contributed by atoms with Gasteiger partial charge in [-0.2, -0.15) is 0 Å². The summed E-state index contributed by atoms with van der Waals surface area (Å²) in [6, 6.07) is 3.55. The molecule has 0 aliphatic rings. The van der Waals surface area contributed by atoms with E-state index < -0.39 is 5.97 Å². The second kappa shape index (κ2) is 3.31. The van der Waals surface area contributed by atoms with Crippen molar-refractivity contribution in [3.63, 3.8) is 0 Å². The van der Waals surface area contributed by atoms with Crippen molar-refractivity contribution in [3.05, 3.63) is 22.4 Å². The first-order valence-electron chi connectivity index (χ1n) is 2.66. The van der Waals surface area contributed by atoms with E-state index in [2.05, 4.69) is 4.94 Å². The van der Waals surface area contributed by atoms with E-state index in [0.29, 0.717) is 0 Å². The van der Waals surface area contributed by atoms with Crippen molar-refractivity contribution >= 4 is 17.3 Å². The van der Waals surface area contributed by atoms with E-state index in [4.69, 9.17) is 0 Å². The van der Waals surface area contributed by atoms with Crippen LogP contribution in [0.1, 0.15) is 4.88 Å². The van der Waals surface area contributed by atoms with Crippen molar-refractivity contribution in [3.8, 4) is 0 Å². The number of hydrogen-bond acceptors (Lipinski definition) is 3. The smallest absolute Gasteiger partial charge is 0.255 e. The van der Waals surface area contributed by atoms with E-state index in [1.54, 1.807) is 12.1 Å². The molecular weight excluding hydrogens is 155 g/mol. The van der Waals surface area contributed by atoms with Gasteiger partial charge in [0.05, 0.1) is 6.42 Å². The van der Waals surface area contributed by atoms with E-state index in [9.17, 15) is 9.32 Å². The summed E-state index contributed by atoms with van der Waals surface area (Å²) in [6.07, 6.45) is 0.0220. The minimum Gasteiger partial charge on any atom is -0.255 e. The molecule has 0 radical (unpaired) electrons. The van der Waals surface area contributed by atoms with Crippen molar-refractivity contribution in [2.45, 2.75) is 6.42 Å². The fraction of sp³-hybridized carbons (Fsp3) is 0.167. The molecule has 0 saturated carbocycles. The summed E-state index contributed by atoms with van der Waals surface area (Å²) >= 11 is 1.40. The van der Waals surface area contributed by atoms with Crippen molar-refractivity contribution in [1.82, 2.24) is 0 Å². The van der Waals surface area contributed by atoms with Crippen molar-refractivity contribution < 1.29 is 14.3 Å². The van der Waals surface area contributed by atoms with Crippen LogP contribution in [0.5, 0.6) is 0 Å². The minimum absolute atomic E-state index is 0.0220. The Kier molecular flexibility index (Phi) is 2.39. The van der Waals surface area contributed by atoms with Crippen LogP contribution in [-0.2, 0) is 16.2 Å². The zero-order valence-corrected chi connectivity index (χ0v) is 5.86. The first-order chi connectivity index (χ1) is 4.83. The Morgan fingerprint density at radius 2 is 2.60 bits per heavy atom. The first-order valence-corrected chi connectivity index (χ1v) is 3.54. The van der Waals surface area contributed by atoms with Crippen molar-refractivity contribution in [1.29, 1.82) is 0 Å². The van der Waals surface area contributed by atoms with Crippen molar-refractivity contribution in [2.75, 3.05) is 0 Å². The lowest BCUT2D eigenvalue weighted by Crippen LogP contribution is -1.99. The molecule has 1 aromatic heterocycles. The number of carbonyl (C=O) groups excluding carboxylic acids is 1. The molecule has 1 heterocycles. The van der Waals surface area contributed by atoms with Crippen LogP contribution in [0.3, 0.4) is 0 Å². The normalized spacial score (nSPS) is 9.30. The largest absolute Gasteiger partial charge is 0.353 e. The molecule has 4 heteroatoms. The molecule has 0 spiro atoms. The van der Waals surface area contributed by atoms with E-state index >= 15 is 0 Å². The summed E-state index contributed by atoms with van der Waals surface area (Å²) in [7, 11) is 0. The molecule has 2 nitrogen and oxygen atoms in total. The Labute approximate surface area is 61.1 Å². The van der Waals surface area contributed by atoms with Gasteiger partial charge in [0.1, 0.15) is 0 Å². The SMILES string of the molecule is O=C(Cc1cccs1)OF. The molecule has 1 aromatic rings. The first kappa shape index (κ1) is 7.21. The predicted octanol–water partition coefficient (Wildman–Crippen LogP) is 1.72. The van der Waals surface area contributed by atoms with Gasteiger partial charge in [0.2, 0.25) is 0 Å². The topological polar surface area (TPSA) is 26.3 Å². The minimum atomic E-state index is -0.845. The fourth-order valence-electron chi connectivity index (χ4n) is 0.583. The van der Waals surface area contributed by atoms with Crippen LogP contribution in [0.4, 0.5) is 4.53 Å². The van der Waals surface area contributed by atoms with Gasteiger partial charge in [0.15, 0.2) is 0 Å². The summed E-state index contributed by atoms with van der Waals surface area (Å²) in [6.45, 7) is 0. The van der Waals surface area contributed by atoms with Gasteiger partial charge >= 0.3 is 5.97 Å². The summed E-state index contributed by atoms with van der Waals surface area (Å²) in [5, 5.41) is 1.82. The highest BCUT2D eigenvalue weighted by atomic mass is 32.1. The number of halogens is 1. The summed E-state index contributed by atoms with van der Waals surface area (Å²) in [5.41, 5.74) is 0. The molecule has 54 valence electrons. The molecule has 0 atom stereocenters. The molecule has 0 aliphatic carbocycles. The zero-order valence-electron chi connectivity index (χ0n) is 5.04. The van der Waals surface area contributed by atoms with Gasteiger partial charge in [-0.25, -0.2) is 4.79 Å². The second-order valence-corrected chi connectivity index (χ2v) is 2.74. The molecule has 10 heavy (non-hydrogen) atoms. The second-order valence-electron chi connectivity index (χ2n) is 1.71. The average molecular weight is 160 g/mol. The predicted molar refractivity (Wildman–Crippen MR) is 35.2 cm³/mol. The van der Waals surface area contributed by atoms with Crippen LogP contribution in [0.2, 0.25) is 0 Å². The van der Waals surface area contributed by atoms with E-state index in [1.807, 2.05) is 5.38 Å². The maximum Gasteiger partial charge on any atom is 0.353 e. The van der Waals surface area contributed by atoms with Crippen LogP contribution < -0.4 is 0 Å². The van der Waals surface area contributed by atoms with Gasteiger partial charge < -0.3 is 0 Å². The highest BCUT2D eigenvalue weighted by Crippen LogP contribution is 2.09. The Balaban J connectivity index is 2.48. The van der Waals surface area contributed by atoms with Gasteiger partial charge in [-0.1, -0.05) is 6.07 Å². The number of carbonyl (C=O) groups is 1. The molecule has 0 unspecified atom stereocenters. The van der Waals surface area contributed by atoms with E-state index in [0.717, 1.165) is 4.88 Å². The summed E-state index contributed by atoms with van der Waals surface area (Å²) < 4.78 is 11.1. The van der Waals surface area contributed by atoms with Crippen LogP contribution >= 0.6 is 11.3 Å². The molecule has 0 fully saturated rings. The Bertz CT molecular complexity index is 208. The number of rotatable bonds is 2. The fourth-order valence-corrected chi connectivity index (χ4v) is 1.27. The van der Waals surface area contributed by atoms with Gasteiger partial charge in [0.25, 0.3) is 0 Å². The highest BCUT2D eigenvalue weighted by Gasteiger charge is 2.04. The Hall–Kier alpha value is -0.900.